The number of rotatable bonds is 5. The van der Waals surface area contributed by atoms with E-state index in [1.54, 1.807) is 10.9 Å². The van der Waals surface area contributed by atoms with E-state index in [1.165, 1.54) is 0 Å². The van der Waals surface area contributed by atoms with Gasteiger partial charge in [0.2, 0.25) is 5.91 Å². The second-order valence-electron chi connectivity index (χ2n) is 5.46. The van der Waals surface area contributed by atoms with Crippen LogP contribution in [0.3, 0.4) is 0 Å². The number of aliphatic carboxylic acids is 1. The van der Waals surface area contributed by atoms with Gasteiger partial charge in [0.15, 0.2) is 0 Å². The molecule has 20 heavy (non-hydrogen) atoms. The Labute approximate surface area is 118 Å². The highest BCUT2D eigenvalue weighted by molar-refractivity contribution is 5.85. The Bertz CT molecular complexity index is 498. The minimum atomic E-state index is -0.860. The van der Waals surface area contributed by atoms with Gasteiger partial charge < -0.3 is 10.4 Å². The first-order valence-electron chi connectivity index (χ1n) is 7.00. The van der Waals surface area contributed by atoms with E-state index in [4.69, 9.17) is 0 Å². The maximum absolute atomic E-state index is 12.2. The molecular formula is C14H21N3O3. The molecular weight excluding hydrogens is 258 g/mol. The van der Waals surface area contributed by atoms with Crippen molar-refractivity contribution in [2.75, 3.05) is 0 Å². The van der Waals surface area contributed by atoms with Crippen LogP contribution >= 0.6 is 0 Å². The summed E-state index contributed by atoms with van der Waals surface area (Å²) in [6, 6.07) is 1.83. The van der Waals surface area contributed by atoms with Gasteiger partial charge in [-0.2, -0.15) is 5.10 Å². The zero-order chi connectivity index (χ0) is 14.7. The number of carbonyl (C=O) groups excluding carboxylic acids is 1. The molecule has 0 spiro atoms. The largest absolute Gasteiger partial charge is 0.481 e. The molecule has 6 nitrogen and oxygen atoms in total. The Morgan fingerprint density at radius 3 is 2.70 bits per heavy atom. The van der Waals surface area contributed by atoms with E-state index in [9.17, 15) is 14.7 Å². The number of aryl methyl sites for hydroxylation is 1. The van der Waals surface area contributed by atoms with Crippen molar-refractivity contribution in [3.05, 3.63) is 18.0 Å². The predicted molar refractivity (Wildman–Crippen MR) is 72.7 cm³/mol. The summed E-state index contributed by atoms with van der Waals surface area (Å²) >= 11 is 0. The third-order valence-corrected chi connectivity index (χ3v) is 4.26. The van der Waals surface area contributed by atoms with Gasteiger partial charge in [-0.05, 0) is 24.8 Å². The van der Waals surface area contributed by atoms with Crippen molar-refractivity contribution >= 4 is 11.9 Å². The van der Waals surface area contributed by atoms with Crippen molar-refractivity contribution in [1.82, 2.24) is 15.1 Å². The van der Waals surface area contributed by atoms with Gasteiger partial charge in [-0.25, -0.2) is 0 Å². The number of hydrogen-bond donors (Lipinski definition) is 2. The second-order valence-corrected chi connectivity index (χ2v) is 5.46. The SMILES string of the molecule is CCC1C[C@H](C(=O)NCc2ccnn2C)[C@H](C(=O)O)C1. The fraction of sp³-hybridized carbons (Fsp3) is 0.643. The van der Waals surface area contributed by atoms with Crippen LogP contribution in [0.25, 0.3) is 0 Å². The lowest BCUT2D eigenvalue weighted by Crippen LogP contribution is -2.35. The summed E-state index contributed by atoms with van der Waals surface area (Å²) < 4.78 is 1.69. The monoisotopic (exact) mass is 279 g/mol. The fourth-order valence-corrected chi connectivity index (χ4v) is 2.92. The number of hydrogen-bond acceptors (Lipinski definition) is 3. The van der Waals surface area contributed by atoms with Crippen LogP contribution < -0.4 is 5.32 Å². The number of amides is 1. The lowest BCUT2D eigenvalue weighted by Gasteiger charge is -2.15. The van der Waals surface area contributed by atoms with Crippen LogP contribution in [0.4, 0.5) is 0 Å². The first-order valence-corrected chi connectivity index (χ1v) is 7.00. The number of carboxylic acids is 1. The van der Waals surface area contributed by atoms with Crippen molar-refractivity contribution in [3.63, 3.8) is 0 Å². The number of carbonyl (C=O) groups is 2. The minimum absolute atomic E-state index is 0.158. The van der Waals surface area contributed by atoms with Crippen molar-refractivity contribution < 1.29 is 14.7 Å². The normalized spacial score (nSPS) is 25.6. The number of nitrogens with one attached hydrogen (secondary N) is 1. The molecule has 2 rings (SSSR count). The van der Waals surface area contributed by atoms with E-state index in [1.807, 2.05) is 20.0 Å². The molecule has 1 aliphatic carbocycles. The van der Waals surface area contributed by atoms with E-state index >= 15 is 0 Å². The van der Waals surface area contributed by atoms with Gasteiger partial charge >= 0.3 is 5.97 Å². The molecule has 1 amide bonds. The van der Waals surface area contributed by atoms with E-state index in [2.05, 4.69) is 10.4 Å². The molecule has 1 unspecified atom stereocenters. The maximum Gasteiger partial charge on any atom is 0.307 e. The molecule has 1 heterocycles. The molecule has 2 N–H and O–H groups in total. The first kappa shape index (κ1) is 14.6. The summed E-state index contributed by atoms with van der Waals surface area (Å²) in [7, 11) is 1.81. The number of nitrogens with zero attached hydrogens (tertiary/aromatic N) is 2. The molecule has 3 atom stereocenters. The van der Waals surface area contributed by atoms with Gasteiger partial charge in [0.1, 0.15) is 0 Å². The molecule has 6 heteroatoms. The molecule has 0 aromatic carbocycles. The Hall–Kier alpha value is -1.85. The van der Waals surface area contributed by atoms with Gasteiger partial charge in [-0.3, -0.25) is 14.3 Å². The lowest BCUT2D eigenvalue weighted by atomic mass is 9.95. The van der Waals surface area contributed by atoms with Crippen LogP contribution in [0.15, 0.2) is 12.3 Å². The van der Waals surface area contributed by atoms with Crippen molar-refractivity contribution in [1.29, 1.82) is 0 Å². The van der Waals surface area contributed by atoms with E-state index < -0.39 is 17.8 Å². The van der Waals surface area contributed by atoms with Gasteiger partial charge in [0.05, 0.1) is 24.1 Å². The quantitative estimate of drug-likeness (QED) is 0.847. The lowest BCUT2D eigenvalue weighted by molar-refractivity contribution is -0.146. The molecule has 0 aliphatic heterocycles. The summed E-state index contributed by atoms with van der Waals surface area (Å²) in [5, 5.41) is 16.1. The Morgan fingerprint density at radius 2 is 2.15 bits per heavy atom. The zero-order valence-corrected chi connectivity index (χ0v) is 11.9. The summed E-state index contributed by atoms with van der Waals surface area (Å²) in [6.07, 6.45) is 3.87. The Morgan fingerprint density at radius 1 is 1.45 bits per heavy atom. The van der Waals surface area contributed by atoms with Crippen LogP contribution in [0, 0.1) is 17.8 Å². The van der Waals surface area contributed by atoms with Crippen LogP contribution in [-0.2, 0) is 23.2 Å². The average Bonchev–Trinajstić information content (AvgIpc) is 3.02. The standard InChI is InChI=1S/C14H21N3O3/c1-3-9-6-11(12(7-9)14(19)20)13(18)15-8-10-4-5-16-17(10)2/h4-5,9,11-12H,3,6-8H2,1-2H3,(H,15,18)(H,19,20)/t9?,11-,12+/m0/s1. The van der Waals surface area contributed by atoms with Gasteiger partial charge in [-0.1, -0.05) is 13.3 Å². The summed E-state index contributed by atoms with van der Waals surface area (Å²) in [5.41, 5.74) is 0.898. The van der Waals surface area contributed by atoms with Crippen molar-refractivity contribution in [2.24, 2.45) is 24.8 Å². The van der Waals surface area contributed by atoms with Crippen LogP contribution in [-0.4, -0.2) is 26.8 Å². The minimum Gasteiger partial charge on any atom is -0.481 e. The fourth-order valence-electron chi connectivity index (χ4n) is 2.92. The van der Waals surface area contributed by atoms with E-state index in [0.717, 1.165) is 12.1 Å². The highest BCUT2D eigenvalue weighted by Crippen LogP contribution is 2.38. The maximum atomic E-state index is 12.2. The molecule has 0 bridgehead atoms. The van der Waals surface area contributed by atoms with Gasteiger partial charge in [0.25, 0.3) is 0 Å². The van der Waals surface area contributed by atoms with E-state index in [0.29, 0.717) is 25.3 Å². The average molecular weight is 279 g/mol. The van der Waals surface area contributed by atoms with E-state index in [-0.39, 0.29) is 5.91 Å². The summed E-state index contributed by atoms with van der Waals surface area (Å²) in [5.74, 6) is -1.64. The number of carboxylic acid groups (broad SMARTS) is 1. The molecule has 1 saturated carbocycles. The Kier molecular flexibility index (Phi) is 4.42. The molecule has 0 radical (unpaired) electrons. The number of aromatic nitrogens is 2. The Balaban J connectivity index is 1.97. The van der Waals surface area contributed by atoms with Crippen LogP contribution in [0.2, 0.25) is 0 Å². The van der Waals surface area contributed by atoms with Crippen molar-refractivity contribution in [2.45, 2.75) is 32.7 Å². The highest BCUT2D eigenvalue weighted by atomic mass is 16.4. The van der Waals surface area contributed by atoms with Gasteiger partial charge in [0, 0.05) is 13.2 Å². The smallest absolute Gasteiger partial charge is 0.307 e. The molecule has 1 aromatic rings. The zero-order valence-electron chi connectivity index (χ0n) is 11.9. The second kappa shape index (κ2) is 6.07. The third-order valence-electron chi connectivity index (χ3n) is 4.26. The predicted octanol–water partition coefficient (Wildman–Crippen LogP) is 1.17. The molecule has 1 aliphatic rings. The molecule has 0 saturated heterocycles. The summed E-state index contributed by atoms with van der Waals surface area (Å²) in [6.45, 7) is 2.43. The first-order chi connectivity index (χ1) is 9.52. The van der Waals surface area contributed by atoms with Crippen LogP contribution in [0.1, 0.15) is 31.9 Å². The topological polar surface area (TPSA) is 84.2 Å². The molecule has 1 aromatic heterocycles. The molecule has 1 fully saturated rings. The molecule has 110 valence electrons. The van der Waals surface area contributed by atoms with Crippen LogP contribution in [0.5, 0.6) is 0 Å². The summed E-state index contributed by atoms with van der Waals surface area (Å²) in [4.78, 5) is 23.5. The van der Waals surface area contributed by atoms with Gasteiger partial charge in [-0.15, -0.1) is 0 Å². The highest BCUT2D eigenvalue weighted by Gasteiger charge is 2.41. The third kappa shape index (κ3) is 3.00. The van der Waals surface area contributed by atoms with Crippen molar-refractivity contribution in [3.8, 4) is 0 Å².